The lowest BCUT2D eigenvalue weighted by atomic mass is 9.97. The largest absolute Gasteiger partial charge is 0.460 e. The van der Waals surface area contributed by atoms with E-state index in [1.807, 2.05) is 0 Å². The number of hydrogen-bond donors (Lipinski definition) is 0. The Morgan fingerprint density at radius 3 is 1.74 bits per heavy atom. The van der Waals surface area contributed by atoms with Gasteiger partial charge in [0, 0.05) is 27.8 Å². The van der Waals surface area contributed by atoms with E-state index in [4.69, 9.17) is 33.2 Å². The average molecular weight is 505 g/mol. The predicted molar refractivity (Wildman–Crippen MR) is 135 cm³/mol. The maximum atomic E-state index is 11.6. The van der Waals surface area contributed by atoms with E-state index in [9.17, 15) is 4.79 Å². The van der Waals surface area contributed by atoms with Crippen molar-refractivity contribution < 1.29 is 38.0 Å². The van der Waals surface area contributed by atoms with Crippen LogP contribution in [-0.2, 0) is 38.0 Å². The summed E-state index contributed by atoms with van der Waals surface area (Å²) < 4.78 is 38.9. The zero-order valence-electron chi connectivity index (χ0n) is 22.8. The Balaban J connectivity index is 2.52. The van der Waals surface area contributed by atoms with Crippen molar-refractivity contribution in [2.24, 2.45) is 0 Å². The second kappa shape index (κ2) is 22.4. The van der Waals surface area contributed by atoms with Gasteiger partial charge in [-0.15, -0.1) is 0 Å². The van der Waals surface area contributed by atoms with Crippen LogP contribution >= 0.6 is 0 Å². The van der Waals surface area contributed by atoms with Gasteiger partial charge in [-0.05, 0) is 25.7 Å². The number of esters is 1. The summed E-state index contributed by atoms with van der Waals surface area (Å²) in [6, 6.07) is 0. The summed E-state index contributed by atoms with van der Waals surface area (Å²) >= 11 is 0. The van der Waals surface area contributed by atoms with Crippen molar-refractivity contribution in [2.75, 3.05) is 41.7 Å². The van der Waals surface area contributed by atoms with E-state index < -0.39 is 0 Å². The number of unbranched alkanes of at least 4 members (excludes halogenated alkanes) is 9. The van der Waals surface area contributed by atoms with Crippen LogP contribution in [0.3, 0.4) is 0 Å². The first-order chi connectivity index (χ1) is 17.2. The second-order valence-electron chi connectivity index (χ2n) is 9.45. The van der Waals surface area contributed by atoms with Gasteiger partial charge < -0.3 is 33.2 Å². The lowest BCUT2D eigenvalue weighted by Crippen LogP contribution is -2.36. The molecular formula is C27H52O8. The zero-order valence-corrected chi connectivity index (χ0v) is 22.8. The molecule has 0 N–H and O–H groups in total. The van der Waals surface area contributed by atoms with Gasteiger partial charge in [-0.3, -0.25) is 4.79 Å². The fourth-order valence-electron chi connectivity index (χ4n) is 4.57. The first kappa shape index (κ1) is 32.3. The maximum absolute atomic E-state index is 11.6. The minimum Gasteiger partial charge on any atom is -0.460 e. The quantitative estimate of drug-likeness (QED) is 0.0883. The number of ether oxygens (including phenoxy) is 7. The molecular weight excluding hydrogens is 452 g/mol. The van der Waals surface area contributed by atoms with Crippen LogP contribution in [0.2, 0.25) is 0 Å². The summed E-state index contributed by atoms with van der Waals surface area (Å²) in [6.45, 7) is 2.83. The van der Waals surface area contributed by atoms with Crippen LogP contribution in [0.5, 0.6) is 0 Å². The number of cyclic esters (lactones) is 1. The van der Waals surface area contributed by atoms with Crippen LogP contribution in [0.15, 0.2) is 0 Å². The molecule has 0 bridgehead atoms. The highest BCUT2D eigenvalue weighted by Gasteiger charge is 2.33. The van der Waals surface area contributed by atoms with Gasteiger partial charge in [0.1, 0.15) is 26.5 Å². The third kappa shape index (κ3) is 15.8. The third-order valence-corrected chi connectivity index (χ3v) is 6.52. The Morgan fingerprint density at radius 1 is 0.714 bits per heavy atom. The van der Waals surface area contributed by atoms with Gasteiger partial charge >= 0.3 is 5.97 Å². The van der Waals surface area contributed by atoms with Gasteiger partial charge in [0.05, 0.1) is 18.3 Å². The topological polar surface area (TPSA) is 81.7 Å². The van der Waals surface area contributed by atoms with Gasteiger partial charge in [0.25, 0.3) is 0 Å². The van der Waals surface area contributed by atoms with E-state index in [0.717, 1.165) is 12.8 Å². The Hall–Kier alpha value is -0.770. The fourth-order valence-corrected chi connectivity index (χ4v) is 4.57. The molecule has 0 spiro atoms. The number of carbonyl (C=O) groups is 1. The Morgan fingerprint density at radius 2 is 1.23 bits per heavy atom. The molecule has 1 saturated heterocycles. The van der Waals surface area contributed by atoms with Crippen LogP contribution < -0.4 is 0 Å². The molecule has 208 valence electrons. The summed E-state index contributed by atoms with van der Waals surface area (Å²) in [5.41, 5.74) is 0. The van der Waals surface area contributed by atoms with Gasteiger partial charge in [0.15, 0.2) is 0 Å². The first-order valence-corrected chi connectivity index (χ1v) is 13.7. The standard InChI is InChI=1S/C27H52O8/c1-5-6-7-8-9-10-11-12-13-14-15-23(32-20-29-2)24(33-21-30-3)16-17-25(34-22-31-4)26-18-19-27(28)35-26/h23-26H,5-22H2,1-4H3/t23-,24-,25-,26-/m0/s1. The molecule has 0 saturated carbocycles. The van der Waals surface area contributed by atoms with Gasteiger partial charge in [0.2, 0.25) is 0 Å². The monoisotopic (exact) mass is 504 g/mol. The van der Waals surface area contributed by atoms with Gasteiger partial charge in [-0.25, -0.2) is 0 Å². The molecule has 0 aromatic carbocycles. The highest BCUT2D eigenvalue weighted by atomic mass is 16.7. The number of hydrogen-bond acceptors (Lipinski definition) is 8. The second-order valence-corrected chi connectivity index (χ2v) is 9.45. The molecule has 1 heterocycles. The minimum absolute atomic E-state index is 0.103. The fraction of sp³-hybridized carbons (Fsp3) is 0.963. The number of carbonyl (C=O) groups excluding carboxylic acids is 1. The molecule has 1 fully saturated rings. The molecule has 0 unspecified atom stereocenters. The van der Waals surface area contributed by atoms with Crippen molar-refractivity contribution in [1.29, 1.82) is 0 Å². The highest BCUT2D eigenvalue weighted by Crippen LogP contribution is 2.25. The minimum atomic E-state index is -0.249. The van der Waals surface area contributed by atoms with Crippen molar-refractivity contribution in [1.82, 2.24) is 0 Å². The van der Waals surface area contributed by atoms with Gasteiger partial charge in [-0.2, -0.15) is 0 Å². The van der Waals surface area contributed by atoms with E-state index in [1.165, 1.54) is 57.8 Å². The molecule has 8 nitrogen and oxygen atoms in total. The molecule has 35 heavy (non-hydrogen) atoms. The predicted octanol–water partition coefficient (Wildman–Crippen LogP) is 5.75. The molecule has 1 aliphatic heterocycles. The smallest absolute Gasteiger partial charge is 0.306 e. The SMILES string of the molecule is CCCCCCCCCCCC[C@H](OCOC)[C@H](CC[C@H](OCOC)[C@@H]1CCC(=O)O1)OCOC. The maximum Gasteiger partial charge on any atom is 0.306 e. The van der Waals surface area contributed by atoms with E-state index in [0.29, 0.717) is 25.7 Å². The van der Waals surface area contributed by atoms with Gasteiger partial charge in [-0.1, -0.05) is 71.1 Å². The molecule has 8 heteroatoms. The molecule has 1 aliphatic rings. The van der Waals surface area contributed by atoms with E-state index >= 15 is 0 Å². The van der Waals surface area contributed by atoms with Crippen LogP contribution in [-0.4, -0.2) is 72.1 Å². The Labute approximate surface area is 213 Å². The molecule has 0 amide bonds. The number of rotatable bonds is 25. The first-order valence-electron chi connectivity index (χ1n) is 13.7. The molecule has 4 atom stereocenters. The van der Waals surface area contributed by atoms with E-state index in [1.54, 1.807) is 21.3 Å². The third-order valence-electron chi connectivity index (χ3n) is 6.52. The summed E-state index contributed by atoms with van der Waals surface area (Å²) in [4.78, 5) is 11.6. The summed E-state index contributed by atoms with van der Waals surface area (Å²) in [7, 11) is 4.84. The average Bonchev–Trinajstić information content (AvgIpc) is 3.30. The highest BCUT2D eigenvalue weighted by molar-refractivity contribution is 5.71. The van der Waals surface area contributed by atoms with Crippen molar-refractivity contribution in [2.45, 2.75) is 128 Å². The Kier molecular flexibility index (Phi) is 20.7. The summed E-state index contributed by atoms with van der Waals surface area (Å²) in [5, 5.41) is 0. The van der Waals surface area contributed by atoms with Crippen molar-refractivity contribution in [3.8, 4) is 0 Å². The normalized spacial score (nSPS) is 18.5. The molecule has 0 aliphatic carbocycles. The lowest BCUT2D eigenvalue weighted by molar-refractivity contribution is -0.170. The van der Waals surface area contributed by atoms with E-state index in [-0.39, 0.29) is 50.8 Å². The lowest BCUT2D eigenvalue weighted by Gasteiger charge is -2.29. The van der Waals surface area contributed by atoms with Crippen molar-refractivity contribution in [3.05, 3.63) is 0 Å². The zero-order chi connectivity index (χ0) is 25.6. The summed E-state index contributed by atoms with van der Waals surface area (Å²) in [6.07, 6.45) is 15.5. The van der Waals surface area contributed by atoms with E-state index in [2.05, 4.69) is 6.92 Å². The molecule has 0 aromatic heterocycles. The summed E-state index contributed by atoms with van der Waals surface area (Å²) in [5.74, 6) is -0.171. The van der Waals surface area contributed by atoms with Crippen LogP contribution in [0.1, 0.15) is 103 Å². The van der Waals surface area contributed by atoms with Crippen LogP contribution in [0.25, 0.3) is 0 Å². The molecule has 0 aromatic rings. The van der Waals surface area contributed by atoms with Crippen LogP contribution in [0.4, 0.5) is 0 Å². The van der Waals surface area contributed by atoms with Crippen molar-refractivity contribution in [3.63, 3.8) is 0 Å². The van der Waals surface area contributed by atoms with Crippen molar-refractivity contribution >= 4 is 5.97 Å². The Bertz CT molecular complexity index is 490. The number of methoxy groups -OCH3 is 3. The molecule has 0 radical (unpaired) electrons. The van der Waals surface area contributed by atoms with Crippen LogP contribution in [0, 0.1) is 0 Å². The molecule has 1 rings (SSSR count).